The van der Waals surface area contributed by atoms with E-state index in [0.29, 0.717) is 5.92 Å². The molecular weight excluding hydrogens is 252 g/mol. The molecular formula is C16H20N2O2. The van der Waals surface area contributed by atoms with Crippen LogP contribution in [-0.2, 0) is 9.59 Å². The van der Waals surface area contributed by atoms with Crippen LogP contribution < -0.4 is 5.73 Å². The molecule has 2 fully saturated rings. The van der Waals surface area contributed by atoms with Crippen LogP contribution in [-0.4, -0.2) is 23.3 Å². The van der Waals surface area contributed by atoms with Crippen LogP contribution in [0.3, 0.4) is 0 Å². The van der Waals surface area contributed by atoms with Crippen molar-refractivity contribution in [1.29, 1.82) is 0 Å². The van der Waals surface area contributed by atoms with Gasteiger partial charge < -0.3 is 5.73 Å². The SMILES string of the molecule is CC1CC2C(=O)N(C(CN)c3ccccc3)C(=O)C2C1. The summed E-state index contributed by atoms with van der Waals surface area (Å²) in [5, 5.41) is 0. The van der Waals surface area contributed by atoms with Gasteiger partial charge >= 0.3 is 0 Å². The summed E-state index contributed by atoms with van der Waals surface area (Å²) >= 11 is 0. The quantitative estimate of drug-likeness (QED) is 0.852. The lowest BCUT2D eigenvalue weighted by atomic mass is 10.00. The van der Waals surface area contributed by atoms with Gasteiger partial charge in [0.1, 0.15) is 0 Å². The lowest BCUT2D eigenvalue weighted by Gasteiger charge is -2.26. The summed E-state index contributed by atoms with van der Waals surface area (Å²) in [5.74, 6) is 0.186. The van der Waals surface area contributed by atoms with Crippen LogP contribution >= 0.6 is 0 Å². The van der Waals surface area contributed by atoms with E-state index in [1.807, 2.05) is 30.3 Å². The van der Waals surface area contributed by atoms with Crippen LogP contribution in [0.5, 0.6) is 0 Å². The van der Waals surface area contributed by atoms with E-state index in [1.165, 1.54) is 4.90 Å². The van der Waals surface area contributed by atoms with Crippen LogP contribution in [0.1, 0.15) is 31.4 Å². The smallest absolute Gasteiger partial charge is 0.233 e. The Balaban J connectivity index is 1.90. The lowest BCUT2D eigenvalue weighted by Crippen LogP contribution is -2.39. The molecule has 0 bridgehead atoms. The number of likely N-dealkylation sites (tertiary alicyclic amines) is 1. The highest BCUT2D eigenvalue weighted by atomic mass is 16.2. The van der Waals surface area contributed by atoms with Crippen molar-refractivity contribution in [2.24, 2.45) is 23.5 Å². The standard InChI is InChI=1S/C16H20N2O2/c1-10-7-12-13(8-10)16(20)18(15(12)19)14(9-17)11-5-3-2-4-6-11/h2-6,10,12-14H,7-9,17H2,1H3. The molecule has 20 heavy (non-hydrogen) atoms. The number of imide groups is 1. The number of rotatable bonds is 3. The summed E-state index contributed by atoms with van der Waals surface area (Å²) in [7, 11) is 0. The third-order valence-electron chi connectivity index (χ3n) is 4.63. The van der Waals surface area contributed by atoms with Gasteiger partial charge in [-0.15, -0.1) is 0 Å². The number of benzene rings is 1. The first-order valence-corrected chi connectivity index (χ1v) is 7.25. The molecule has 4 nitrogen and oxygen atoms in total. The fourth-order valence-electron chi connectivity index (χ4n) is 3.68. The molecule has 4 heteroatoms. The topological polar surface area (TPSA) is 63.4 Å². The molecule has 0 aromatic heterocycles. The van der Waals surface area contributed by atoms with Gasteiger partial charge in [0.2, 0.25) is 11.8 Å². The minimum atomic E-state index is -0.322. The summed E-state index contributed by atoms with van der Waals surface area (Å²) in [6, 6.07) is 9.26. The predicted octanol–water partition coefficient (Wildman–Crippen LogP) is 1.72. The van der Waals surface area contributed by atoms with Gasteiger partial charge in [-0.25, -0.2) is 0 Å². The molecule has 1 aromatic rings. The second-order valence-electron chi connectivity index (χ2n) is 6.00. The first kappa shape index (κ1) is 13.3. The zero-order valence-electron chi connectivity index (χ0n) is 11.7. The average molecular weight is 272 g/mol. The number of nitrogens with two attached hydrogens (primary N) is 1. The van der Waals surface area contributed by atoms with Gasteiger partial charge in [-0.1, -0.05) is 37.3 Å². The summed E-state index contributed by atoms with van der Waals surface area (Å²) < 4.78 is 0. The summed E-state index contributed by atoms with van der Waals surface area (Å²) in [4.78, 5) is 26.6. The average Bonchev–Trinajstić information content (AvgIpc) is 2.94. The fourth-order valence-corrected chi connectivity index (χ4v) is 3.68. The largest absolute Gasteiger partial charge is 0.328 e. The van der Waals surface area contributed by atoms with Gasteiger partial charge in [0, 0.05) is 6.54 Å². The number of hydrogen-bond donors (Lipinski definition) is 1. The molecule has 0 radical (unpaired) electrons. The molecule has 3 rings (SSSR count). The number of hydrogen-bond acceptors (Lipinski definition) is 3. The second-order valence-corrected chi connectivity index (χ2v) is 6.00. The van der Waals surface area contributed by atoms with Gasteiger partial charge in [-0.05, 0) is 24.3 Å². The van der Waals surface area contributed by atoms with Gasteiger partial charge in [-0.3, -0.25) is 14.5 Å². The number of carbonyl (C=O) groups excluding carboxylic acids is 2. The molecule has 1 saturated heterocycles. The second kappa shape index (κ2) is 5.02. The Morgan fingerprint density at radius 1 is 1.15 bits per heavy atom. The molecule has 1 aliphatic carbocycles. The third kappa shape index (κ3) is 1.95. The zero-order valence-corrected chi connectivity index (χ0v) is 11.7. The highest BCUT2D eigenvalue weighted by Gasteiger charge is 2.53. The number of nitrogens with zero attached hydrogens (tertiary/aromatic N) is 1. The number of amides is 2. The van der Waals surface area contributed by atoms with E-state index in [-0.39, 0.29) is 36.2 Å². The molecule has 106 valence electrons. The molecule has 1 aliphatic heterocycles. The van der Waals surface area contributed by atoms with E-state index >= 15 is 0 Å². The Hall–Kier alpha value is -1.68. The lowest BCUT2D eigenvalue weighted by molar-refractivity contribution is -0.143. The number of carbonyl (C=O) groups is 2. The Kier molecular flexibility index (Phi) is 3.34. The van der Waals surface area contributed by atoms with Crippen molar-refractivity contribution >= 4 is 11.8 Å². The minimum Gasteiger partial charge on any atom is -0.328 e. The molecule has 3 unspecified atom stereocenters. The van der Waals surface area contributed by atoms with Gasteiger partial charge in [-0.2, -0.15) is 0 Å². The van der Waals surface area contributed by atoms with E-state index in [0.717, 1.165) is 18.4 Å². The van der Waals surface area contributed by atoms with E-state index in [1.54, 1.807) is 0 Å². The summed E-state index contributed by atoms with van der Waals surface area (Å²) in [5.41, 5.74) is 6.78. The Labute approximate surface area is 118 Å². The van der Waals surface area contributed by atoms with Crippen molar-refractivity contribution in [3.63, 3.8) is 0 Å². The third-order valence-corrected chi connectivity index (χ3v) is 4.63. The van der Waals surface area contributed by atoms with Crippen molar-refractivity contribution in [3.8, 4) is 0 Å². The van der Waals surface area contributed by atoms with E-state index in [9.17, 15) is 9.59 Å². The van der Waals surface area contributed by atoms with Crippen LogP contribution in [0.15, 0.2) is 30.3 Å². The molecule has 2 N–H and O–H groups in total. The molecule has 1 saturated carbocycles. The molecule has 2 amide bonds. The highest BCUT2D eigenvalue weighted by molar-refractivity contribution is 6.05. The van der Waals surface area contributed by atoms with Crippen molar-refractivity contribution in [3.05, 3.63) is 35.9 Å². The first-order valence-electron chi connectivity index (χ1n) is 7.25. The van der Waals surface area contributed by atoms with Crippen molar-refractivity contribution in [1.82, 2.24) is 4.90 Å². The summed E-state index contributed by atoms with van der Waals surface area (Å²) in [6.45, 7) is 2.39. The Bertz CT molecular complexity index is 505. The molecule has 2 aliphatic rings. The van der Waals surface area contributed by atoms with Crippen molar-refractivity contribution in [2.75, 3.05) is 6.54 Å². The van der Waals surface area contributed by atoms with Crippen LogP contribution in [0.25, 0.3) is 0 Å². The maximum atomic E-state index is 12.6. The van der Waals surface area contributed by atoms with E-state index in [4.69, 9.17) is 5.73 Å². The molecule has 1 aromatic carbocycles. The van der Waals surface area contributed by atoms with Gasteiger partial charge in [0.25, 0.3) is 0 Å². The van der Waals surface area contributed by atoms with E-state index in [2.05, 4.69) is 6.92 Å². The normalized spacial score (nSPS) is 30.7. The molecule has 1 heterocycles. The van der Waals surface area contributed by atoms with Gasteiger partial charge in [0.05, 0.1) is 17.9 Å². The van der Waals surface area contributed by atoms with Gasteiger partial charge in [0.15, 0.2) is 0 Å². The maximum Gasteiger partial charge on any atom is 0.233 e. The van der Waals surface area contributed by atoms with Crippen molar-refractivity contribution in [2.45, 2.75) is 25.8 Å². The van der Waals surface area contributed by atoms with Crippen LogP contribution in [0.4, 0.5) is 0 Å². The van der Waals surface area contributed by atoms with Crippen LogP contribution in [0, 0.1) is 17.8 Å². The summed E-state index contributed by atoms with van der Waals surface area (Å²) in [6.07, 6.45) is 1.66. The monoisotopic (exact) mass is 272 g/mol. The Morgan fingerprint density at radius 3 is 2.20 bits per heavy atom. The van der Waals surface area contributed by atoms with E-state index < -0.39 is 0 Å². The van der Waals surface area contributed by atoms with Crippen molar-refractivity contribution < 1.29 is 9.59 Å². The maximum absolute atomic E-state index is 12.6. The predicted molar refractivity (Wildman–Crippen MR) is 75.5 cm³/mol. The fraction of sp³-hybridized carbons (Fsp3) is 0.500. The van der Waals surface area contributed by atoms with Crippen LogP contribution in [0.2, 0.25) is 0 Å². The number of fused-ring (bicyclic) bond motifs is 1. The zero-order chi connectivity index (χ0) is 14.3. The molecule has 0 spiro atoms. The Morgan fingerprint density at radius 2 is 1.70 bits per heavy atom. The first-order chi connectivity index (χ1) is 9.63. The molecule has 3 atom stereocenters. The minimum absolute atomic E-state index is 0.0244. The highest BCUT2D eigenvalue weighted by Crippen LogP contribution is 2.45.